The van der Waals surface area contributed by atoms with E-state index < -0.39 is 0 Å². The summed E-state index contributed by atoms with van der Waals surface area (Å²) in [6, 6.07) is 7.14. The highest BCUT2D eigenvalue weighted by Gasteiger charge is 2.14. The molecule has 0 aliphatic heterocycles. The second kappa shape index (κ2) is 6.63. The highest BCUT2D eigenvalue weighted by molar-refractivity contribution is 8.00. The van der Waals surface area contributed by atoms with Crippen LogP contribution in [-0.2, 0) is 6.42 Å². The molecule has 100 valence electrons. The van der Waals surface area contributed by atoms with Crippen LogP contribution < -0.4 is 5.73 Å². The fourth-order valence-corrected chi connectivity index (χ4v) is 4.04. The average Bonchev–Trinajstić information content (AvgIpc) is 2.33. The summed E-state index contributed by atoms with van der Waals surface area (Å²) in [6.07, 6.45) is 8.04. The van der Waals surface area contributed by atoms with E-state index in [-0.39, 0.29) is 6.04 Å². The molecule has 0 aromatic heterocycles. The van der Waals surface area contributed by atoms with Gasteiger partial charge in [0.15, 0.2) is 0 Å². The Morgan fingerprint density at radius 1 is 1.28 bits per heavy atom. The molecule has 0 radical (unpaired) electrons. The molecule has 1 saturated carbocycles. The molecule has 1 atom stereocenters. The maximum absolute atomic E-state index is 5.88. The quantitative estimate of drug-likeness (QED) is 0.876. The summed E-state index contributed by atoms with van der Waals surface area (Å²) in [6.45, 7) is 4.28. The predicted octanol–water partition coefficient (Wildman–Crippen LogP) is 4.31. The molecule has 1 aliphatic rings. The molecule has 0 spiro atoms. The van der Waals surface area contributed by atoms with Gasteiger partial charge in [-0.15, -0.1) is 11.8 Å². The van der Waals surface area contributed by atoms with E-state index in [1.165, 1.54) is 48.1 Å². The Morgan fingerprint density at radius 2 is 2.00 bits per heavy atom. The summed E-state index contributed by atoms with van der Waals surface area (Å²) in [7, 11) is 0. The van der Waals surface area contributed by atoms with Crippen LogP contribution in [-0.4, -0.2) is 11.3 Å². The number of thioether (sulfide) groups is 1. The third-order valence-corrected chi connectivity index (χ3v) is 5.04. The second-order valence-corrected chi connectivity index (χ2v) is 7.02. The molecule has 2 rings (SSSR count). The van der Waals surface area contributed by atoms with Gasteiger partial charge in [-0.2, -0.15) is 0 Å². The third kappa shape index (κ3) is 4.03. The van der Waals surface area contributed by atoms with E-state index in [0.29, 0.717) is 0 Å². The van der Waals surface area contributed by atoms with E-state index in [0.717, 1.165) is 11.7 Å². The van der Waals surface area contributed by atoms with Crippen molar-refractivity contribution in [3.05, 3.63) is 29.3 Å². The lowest BCUT2D eigenvalue weighted by Gasteiger charge is -2.21. The maximum atomic E-state index is 5.88. The summed E-state index contributed by atoms with van der Waals surface area (Å²) in [4.78, 5) is 1.44. The van der Waals surface area contributed by atoms with E-state index in [1.807, 2.05) is 0 Å². The van der Waals surface area contributed by atoms with Crippen LogP contribution in [0.5, 0.6) is 0 Å². The molecule has 1 aliphatic carbocycles. The fraction of sp³-hybridized carbons (Fsp3) is 0.625. The summed E-state index contributed by atoms with van der Waals surface area (Å²) in [5.41, 5.74) is 8.67. The van der Waals surface area contributed by atoms with Gasteiger partial charge in [-0.25, -0.2) is 0 Å². The van der Waals surface area contributed by atoms with Crippen molar-refractivity contribution in [3.63, 3.8) is 0 Å². The monoisotopic (exact) mass is 263 g/mol. The number of hydrogen-bond acceptors (Lipinski definition) is 2. The normalized spacial score (nSPS) is 18.8. The number of rotatable bonds is 4. The van der Waals surface area contributed by atoms with E-state index in [2.05, 4.69) is 43.8 Å². The SMILES string of the molecule is Cc1cc(SC2CCCCC2)ccc1CC(C)N. The van der Waals surface area contributed by atoms with Gasteiger partial charge in [0, 0.05) is 16.2 Å². The van der Waals surface area contributed by atoms with Crippen molar-refractivity contribution >= 4 is 11.8 Å². The molecular formula is C16H25NS. The third-order valence-electron chi connectivity index (χ3n) is 3.71. The molecular weight excluding hydrogens is 238 g/mol. The van der Waals surface area contributed by atoms with E-state index in [1.54, 1.807) is 0 Å². The van der Waals surface area contributed by atoms with Gasteiger partial charge >= 0.3 is 0 Å². The van der Waals surface area contributed by atoms with Gasteiger partial charge in [0.25, 0.3) is 0 Å². The van der Waals surface area contributed by atoms with Crippen LogP contribution in [0.15, 0.2) is 23.1 Å². The topological polar surface area (TPSA) is 26.0 Å². The lowest BCUT2D eigenvalue weighted by molar-refractivity contribution is 0.516. The van der Waals surface area contributed by atoms with Crippen molar-refractivity contribution in [1.82, 2.24) is 0 Å². The molecule has 1 nitrogen and oxygen atoms in total. The van der Waals surface area contributed by atoms with Gasteiger partial charge in [-0.1, -0.05) is 25.3 Å². The molecule has 1 aromatic carbocycles. The lowest BCUT2D eigenvalue weighted by Crippen LogP contribution is -2.18. The first-order valence-electron chi connectivity index (χ1n) is 7.17. The minimum Gasteiger partial charge on any atom is -0.328 e. The first kappa shape index (κ1) is 14.0. The molecule has 0 saturated heterocycles. The van der Waals surface area contributed by atoms with Crippen molar-refractivity contribution < 1.29 is 0 Å². The van der Waals surface area contributed by atoms with Crippen LogP contribution in [0.2, 0.25) is 0 Å². The highest BCUT2D eigenvalue weighted by Crippen LogP contribution is 2.34. The Labute approximate surface area is 116 Å². The summed E-state index contributed by atoms with van der Waals surface area (Å²) >= 11 is 2.08. The molecule has 2 heteroatoms. The summed E-state index contributed by atoms with van der Waals surface area (Å²) in [5.74, 6) is 0. The Morgan fingerprint density at radius 3 is 2.61 bits per heavy atom. The Kier molecular flexibility index (Phi) is 5.13. The van der Waals surface area contributed by atoms with Gasteiger partial charge in [0.05, 0.1) is 0 Å². The first-order chi connectivity index (χ1) is 8.65. The largest absolute Gasteiger partial charge is 0.328 e. The minimum atomic E-state index is 0.251. The van der Waals surface area contributed by atoms with Gasteiger partial charge in [-0.05, 0) is 56.4 Å². The van der Waals surface area contributed by atoms with Gasteiger partial charge in [0.1, 0.15) is 0 Å². The van der Waals surface area contributed by atoms with Crippen molar-refractivity contribution in [2.75, 3.05) is 0 Å². The number of hydrogen-bond donors (Lipinski definition) is 1. The van der Waals surface area contributed by atoms with Crippen LogP contribution in [0.25, 0.3) is 0 Å². The number of nitrogens with two attached hydrogens (primary N) is 1. The summed E-state index contributed by atoms with van der Waals surface area (Å²) in [5, 5.41) is 0.845. The molecule has 18 heavy (non-hydrogen) atoms. The Balaban J connectivity index is 1.99. The number of aryl methyl sites for hydroxylation is 1. The van der Waals surface area contributed by atoms with Crippen LogP contribution in [0.3, 0.4) is 0 Å². The highest BCUT2D eigenvalue weighted by atomic mass is 32.2. The van der Waals surface area contributed by atoms with E-state index >= 15 is 0 Å². The molecule has 0 amide bonds. The molecule has 1 unspecified atom stereocenters. The minimum absolute atomic E-state index is 0.251. The molecule has 0 heterocycles. The summed E-state index contributed by atoms with van der Waals surface area (Å²) < 4.78 is 0. The predicted molar refractivity (Wildman–Crippen MR) is 81.3 cm³/mol. The van der Waals surface area contributed by atoms with Crippen LogP contribution >= 0.6 is 11.8 Å². The first-order valence-corrected chi connectivity index (χ1v) is 8.05. The zero-order chi connectivity index (χ0) is 13.0. The van der Waals surface area contributed by atoms with Crippen LogP contribution in [0, 0.1) is 6.92 Å². The van der Waals surface area contributed by atoms with Gasteiger partial charge in [0.2, 0.25) is 0 Å². The lowest BCUT2D eigenvalue weighted by atomic mass is 10.0. The molecule has 1 aromatic rings. The second-order valence-electron chi connectivity index (χ2n) is 5.65. The Hall–Kier alpha value is -0.470. The van der Waals surface area contributed by atoms with E-state index in [4.69, 9.17) is 5.73 Å². The van der Waals surface area contributed by atoms with Crippen molar-refractivity contribution in [2.45, 2.75) is 68.6 Å². The Bertz CT molecular complexity index is 381. The van der Waals surface area contributed by atoms with Crippen molar-refractivity contribution in [3.8, 4) is 0 Å². The smallest absolute Gasteiger partial charge is 0.00944 e. The molecule has 2 N–H and O–H groups in total. The van der Waals surface area contributed by atoms with Gasteiger partial charge in [-0.3, -0.25) is 0 Å². The van der Waals surface area contributed by atoms with E-state index in [9.17, 15) is 0 Å². The fourth-order valence-electron chi connectivity index (χ4n) is 2.69. The maximum Gasteiger partial charge on any atom is 0.00944 e. The van der Waals surface area contributed by atoms with Crippen LogP contribution in [0.1, 0.15) is 50.2 Å². The average molecular weight is 263 g/mol. The zero-order valence-corrected chi connectivity index (χ0v) is 12.4. The zero-order valence-electron chi connectivity index (χ0n) is 11.6. The standard InChI is InChI=1S/C16H25NS/c1-12-10-16(9-8-14(12)11-13(2)17)18-15-6-4-3-5-7-15/h8-10,13,15H,3-7,11,17H2,1-2H3. The molecule has 0 bridgehead atoms. The van der Waals surface area contributed by atoms with Crippen molar-refractivity contribution in [1.29, 1.82) is 0 Å². The molecule has 1 fully saturated rings. The van der Waals surface area contributed by atoms with Gasteiger partial charge < -0.3 is 5.73 Å². The van der Waals surface area contributed by atoms with Crippen molar-refractivity contribution in [2.24, 2.45) is 5.73 Å². The number of benzene rings is 1. The van der Waals surface area contributed by atoms with Crippen LogP contribution in [0.4, 0.5) is 0 Å².